The van der Waals surface area contributed by atoms with Crippen LogP contribution in [0.25, 0.3) is 0 Å². The van der Waals surface area contributed by atoms with Crippen LogP contribution in [-0.4, -0.2) is 121 Å². The largest absolute Gasteiger partial charge is 0.394 e. The van der Waals surface area contributed by atoms with Crippen LogP contribution >= 0.6 is 0 Å². The van der Waals surface area contributed by atoms with Crippen LogP contribution in [0.3, 0.4) is 0 Å². The highest BCUT2D eigenvalue weighted by molar-refractivity contribution is 5.14. The van der Waals surface area contributed by atoms with E-state index >= 15 is 0 Å². The normalized spacial score (nSPS) is 26.0. The minimum atomic E-state index is -0.878. The molecule has 4 aromatic rings. The van der Waals surface area contributed by atoms with Gasteiger partial charge < -0.3 is 54.7 Å². The third-order valence-corrected chi connectivity index (χ3v) is 9.85. The highest BCUT2D eigenvalue weighted by Crippen LogP contribution is 2.29. The van der Waals surface area contributed by atoms with Crippen molar-refractivity contribution in [1.82, 2.24) is 28.7 Å². The van der Waals surface area contributed by atoms with Gasteiger partial charge in [0.2, 0.25) is 0 Å². The number of benzene rings is 1. The predicted octanol–water partition coefficient (Wildman–Crippen LogP) is -3.95. The molecule has 3 fully saturated rings. The van der Waals surface area contributed by atoms with Crippen molar-refractivity contribution in [2.75, 3.05) is 19.8 Å². The number of hydrogen-bond donors (Lipinski definition) is 10. The number of rotatable bonds is 11. The van der Waals surface area contributed by atoms with Crippen molar-refractivity contribution in [2.24, 2.45) is 0 Å². The average Bonchev–Trinajstić information content (AvgIpc) is 3.92. The molecule has 0 aliphatic carbocycles. The van der Waals surface area contributed by atoms with Gasteiger partial charge in [-0.3, -0.25) is 43.0 Å². The topological polar surface area (TPSA) is 343 Å². The van der Waals surface area contributed by atoms with Gasteiger partial charge in [0.15, 0.2) is 0 Å². The van der Waals surface area contributed by atoms with E-state index in [0.717, 1.165) is 10.1 Å². The highest BCUT2D eigenvalue weighted by Gasteiger charge is 2.37. The first kappa shape index (κ1) is 45.9. The quantitative estimate of drug-likeness (QED) is 0.0688. The Morgan fingerprint density at radius 2 is 0.983 bits per heavy atom. The van der Waals surface area contributed by atoms with Crippen molar-refractivity contribution in [3.63, 3.8) is 0 Å². The van der Waals surface area contributed by atoms with Crippen LogP contribution < -0.4 is 33.7 Å². The van der Waals surface area contributed by atoms with Crippen molar-refractivity contribution in [1.29, 1.82) is 0 Å². The minimum Gasteiger partial charge on any atom is -0.394 e. The van der Waals surface area contributed by atoms with Gasteiger partial charge in [0.25, 0.3) is 16.7 Å². The fourth-order valence-electron chi connectivity index (χ4n) is 6.50. The molecule has 6 heterocycles. The summed E-state index contributed by atoms with van der Waals surface area (Å²) in [5.74, 6) is 0. The lowest BCUT2D eigenvalue weighted by molar-refractivity contribution is -0.0461. The summed E-state index contributed by atoms with van der Waals surface area (Å²) in [6.07, 6.45) is -2.50. The summed E-state index contributed by atoms with van der Waals surface area (Å²) in [5, 5.41) is 64.9. The summed E-state index contributed by atoms with van der Waals surface area (Å²) < 4.78 is 25.1. The Morgan fingerprint density at radius 3 is 1.40 bits per heavy atom. The Hall–Kier alpha value is -5.18. The summed E-state index contributed by atoms with van der Waals surface area (Å²) in [6.45, 7) is 0.423. The summed E-state index contributed by atoms with van der Waals surface area (Å²) in [4.78, 5) is 76.0. The Morgan fingerprint density at radius 1 is 0.583 bits per heavy atom. The number of H-pyrrole nitrogens is 3. The molecule has 3 aromatic heterocycles. The molecule has 3 aliphatic rings. The number of nitrogens with one attached hydrogen (secondary N) is 3. The lowest BCUT2D eigenvalue weighted by Crippen LogP contribution is -2.34. The number of aryl methyl sites for hydroxylation is 1. The van der Waals surface area contributed by atoms with E-state index in [-0.39, 0.29) is 56.8 Å². The molecular formula is C37H48N6O17. The summed E-state index contributed by atoms with van der Waals surface area (Å²) in [6, 6.07) is 9.51. The van der Waals surface area contributed by atoms with E-state index in [0.29, 0.717) is 12.2 Å². The minimum absolute atomic E-state index is 0.0279. The SMILES string of the molecule is Cc1cn([C@H]2CC(O)[C@@H](CO)O2)c(=O)[nH]c1=O.O=c1[nH]c(=O)n([C@H]2CC(O)[C@@H](CO)O2)cc1CO.O=c1[nH]c(=O)n([C@H]2CC(O)[C@@H](CO)O2)cc1COCc1ccccc1. The fourth-order valence-corrected chi connectivity index (χ4v) is 6.50. The monoisotopic (exact) mass is 848 g/mol. The van der Waals surface area contributed by atoms with Gasteiger partial charge in [0, 0.05) is 43.4 Å². The lowest BCUT2D eigenvalue weighted by Gasteiger charge is -2.15. The number of ether oxygens (including phenoxy) is 4. The molecule has 0 bridgehead atoms. The van der Waals surface area contributed by atoms with E-state index in [4.69, 9.17) is 39.4 Å². The Bertz CT molecular complexity index is 2390. The van der Waals surface area contributed by atoms with Crippen LogP contribution in [0.15, 0.2) is 77.7 Å². The molecule has 9 atom stereocenters. The molecule has 10 N–H and O–H groups in total. The summed E-state index contributed by atoms with van der Waals surface area (Å²) in [5.41, 5.74) is -1.86. The van der Waals surface area contributed by atoms with Crippen LogP contribution in [-0.2, 0) is 38.8 Å². The van der Waals surface area contributed by atoms with Crippen molar-refractivity contribution in [2.45, 2.75) is 101 Å². The second kappa shape index (κ2) is 20.9. The fraction of sp³-hybridized carbons (Fsp3) is 0.514. The van der Waals surface area contributed by atoms with Crippen molar-refractivity contribution >= 4 is 0 Å². The van der Waals surface area contributed by atoms with Crippen molar-refractivity contribution < 1.29 is 54.7 Å². The maximum Gasteiger partial charge on any atom is 0.330 e. The second-order valence-corrected chi connectivity index (χ2v) is 14.1. The smallest absolute Gasteiger partial charge is 0.330 e. The first-order chi connectivity index (χ1) is 28.7. The molecule has 23 nitrogen and oxygen atoms in total. The third kappa shape index (κ3) is 11.1. The first-order valence-corrected chi connectivity index (χ1v) is 18.7. The van der Waals surface area contributed by atoms with Gasteiger partial charge in [-0.15, -0.1) is 0 Å². The van der Waals surface area contributed by atoms with Crippen LogP contribution in [0, 0.1) is 6.92 Å². The molecule has 1 aromatic carbocycles. The number of aromatic amines is 3. The van der Waals surface area contributed by atoms with Gasteiger partial charge in [-0.25, -0.2) is 14.4 Å². The molecule has 23 heteroatoms. The predicted molar refractivity (Wildman–Crippen MR) is 204 cm³/mol. The van der Waals surface area contributed by atoms with Gasteiger partial charge in [-0.05, 0) is 12.5 Å². The zero-order chi connectivity index (χ0) is 43.7. The molecule has 328 valence electrons. The van der Waals surface area contributed by atoms with Crippen molar-refractivity contribution in [3.8, 4) is 0 Å². The highest BCUT2D eigenvalue weighted by atomic mass is 16.6. The van der Waals surface area contributed by atoms with Gasteiger partial charge in [0.05, 0.1) is 69.1 Å². The molecule has 3 unspecified atom stereocenters. The molecule has 0 amide bonds. The van der Waals surface area contributed by atoms with Gasteiger partial charge >= 0.3 is 17.1 Å². The third-order valence-electron chi connectivity index (χ3n) is 9.85. The first-order valence-electron chi connectivity index (χ1n) is 18.7. The summed E-state index contributed by atoms with van der Waals surface area (Å²) >= 11 is 0. The molecule has 0 saturated carbocycles. The van der Waals surface area contributed by atoms with E-state index in [1.54, 1.807) is 6.92 Å². The Balaban J connectivity index is 0.000000175. The van der Waals surface area contributed by atoms with Crippen LogP contribution in [0.2, 0.25) is 0 Å². The molecule has 0 radical (unpaired) electrons. The zero-order valence-electron chi connectivity index (χ0n) is 32.2. The number of nitrogens with zero attached hydrogens (tertiary/aromatic N) is 3. The molecular weight excluding hydrogens is 800 g/mol. The van der Waals surface area contributed by atoms with E-state index < -0.39 is 95.7 Å². The van der Waals surface area contributed by atoms with E-state index in [1.165, 1.54) is 27.7 Å². The average molecular weight is 849 g/mol. The number of aliphatic hydroxyl groups is 7. The van der Waals surface area contributed by atoms with Gasteiger partial charge in [0.1, 0.15) is 37.0 Å². The number of aromatic nitrogens is 6. The lowest BCUT2D eigenvalue weighted by atomic mass is 10.2. The van der Waals surface area contributed by atoms with E-state index in [2.05, 4.69) is 15.0 Å². The molecule has 3 aliphatic heterocycles. The Kier molecular flexibility index (Phi) is 16.0. The molecule has 60 heavy (non-hydrogen) atoms. The van der Waals surface area contributed by atoms with Gasteiger partial charge in [-0.1, -0.05) is 30.3 Å². The maximum absolute atomic E-state index is 12.0. The Labute approximate surface area is 337 Å². The second-order valence-electron chi connectivity index (χ2n) is 14.1. The maximum atomic E-state index is 12.0. The number of hydrogen-bond acceptors (Lipinski definition) is 17. The van der Waals surface area contributed by atoms with Crippen molar-refractivity contribution in [3.05, 3.63) is 134 Å². The number of aliphatic hydroxyl groups excluding tert-OH is 7. The summed E-state index contributed by atoms with van der Waals surface area (Å²) in [7, 11) is 0. The van der Waals surface area contributed by atoms with E-state index in [9.17, 15) is 44.1 Å². The van der Waals surface area contributed by atoms with Gasteiger partial charge in [-0.2, -0.15) is 0 Å². The molecule has 0 spiro atoms. The van der Waals surface area contributed by atoms with Crippen LogP contribution in [0.1, 0.15) is 60.2 Å². The standard InChI is InChI=1S/C17H20N2O6.C10H14N2O6.C10H14N2O5/c20-8-14-13(21)6-15(25-14)19-7-12(16(22)18-17(19)23)10-24-9-11-4-2-1-3-5-11;13-3-5-2-12(10(17)11-9(5)16)8-1-6(15)7(4-14)18-8;1-5-3-12(10(16)11-9(5)15)8-2-6(14)7(4-13)17-8/h1-5,7,13-15,20-21H,6,8-10H2,(H,18,22,23);2,6-8,13-15H,1,3-4H2,(H,11,16,17);3,6-8,13-14H,2,4H2,1H3,(H,11,15,16)/t13?,14-,15-;2*6?,7-,8-/m111/s1. The van der Waals surface area contributed by atoms with Crippen LogP contribution in [0.4, 0.5) is 0 Å². The molecule has 7 rings (SSSR count). The van der Waals surface area contributed by atoms with E-state index in [1.807, 2.05) is 30.3 Å². The molecule has 3 saturated heterocycles. The van der Waals surface area contributed by atoms with Crippen LogP contribution in [0.5, 0.6) is 0 Å². The zero-order valence-corrected chi connectivity index (χ0v) is 32.2.